The van der Waals surface area contributed by atoms with Crippen molar-refractivity contribution < 1.29 is 9.50 Å². The van der Waals surface area contributed by atoms with E-state index in [1.54, 1.807) is 25.3 Å². The third kappa shape index (κ3) is 2.56. The third-order valence-electron chi connectivity index (χ3n) is 2.39. The van der Waals surface area contributed by atoms with Gasteiger partial charge in [0, 0.05) is 28.0 Å². The summed E-state index contributed by atoms with van der Waals surface area (Å²) in [5.74, 6) is 0.278. The van der Waals surface area contributed by atoms with Crippen LogP contribution in [0, 0.1) is 5.82 Å². The van der Waals surface area contributed by atoms with E-state index in [0.29, 0.717) is 23.1 Å². The monoisotopic (exact) mass is 298 g/mol. The molecule has 0 amide bonds. The van der Waals surface area contributed by atoms with Crippen LogP contribution in [0.25, 0.3) is 10.8 Å². The van der Waals surface area contributed by atoms with E-state index in [0.717, 1.165) is 4.47 Å². The minimum absolute atomic E-state index is 0.286. The number of fused-ring (bicyclic) bond motifs is 1. The lowest BCUT2D eigenvalue weighted by atomic mass is 10.1. The zero-order valence-electron chi connectivity index (χ0n) is 9.24. The minimum Gasteiger partial charge on any atom is -0.392 e. The lowest BCUT2D eigenvalue weighted by Crippen LogP contribution is -2.16. The van der Waals surface area contributed by atoms with Gasteiger partial charge >= 0.3 is 0 Å². The maximum absolute atomic E-state index is 13.6. The number of nitrogens with zero attached hydrogens (tertiary/aromatic N) is 1. The first-order chi connectivity index (χ1) is 8.09. The van der Waals surface area contributed by atoms with E-state index in [1.807, 2.05) is 0 Å². The number of halogens is 2. The summed E-state index contributed by atoms with van der Waals surface area (Å²) in [6.07, 6.45) is 1.06. The highest BCUT2D eigenvalue weighted by atomic mass is 79.9. The van der Waals surface area contributed by atoms with Crippen molar-refractivity contribution in [2.24, 2.45) is 0 Å². The number of hydrogen-bond acceptors (Lipinski definition) is 3. The summed E-state index contributed by atoms with van der Waals surface area (Å²) in [7, 11) is 0. The Bertz CT molecular complexity index is 545. The molecular formula is C12H12BrFN2O. The number of aliphatic hydroxyl groups is 1. The summed E-state index contributed by atoms with van der Waals surface area (Å²) in [5.41, 5.74) is 0. The SMILES string of the molecule is CC(O)CNc1nccc2c(F)ccc(Br)c12. The number of aromatic nitrogens is 1. The van der Waals surface area contributed by atoms with Crippen molar-refractivity contribution in [2.75, 3.05) is 11.9 Å². The summed E-state index contributed by atoms with van der Waals surface area (Å²) in [6.45, 7) is 2.04. The lowest BCUT2D eigenvalue weighted by Gasteiger charge is -2.11. The van der Waals surface area contributed by atoms with Crippen LogP contribution >= 0.6 is 15.9 Å². The first-order valence-corrected chi connectivity index (χ1v) is 6.03. The first kappa shape index (κ1) is 12.3. The molecule has 0 aliphatic carbocycles. The molecule has 0 aliphatic rings. The van der Waals surface area contributed by atoms with Gasteiger partial charge in [-0.25, -0.2) is 9.37 Å². The van der Waals surface area contributed by atoms with Gasteiger partial charge < -0.3 is 10.4 Å². The molecule has 1 atom stereocenters. The lowest BCUT2D eigenvalue weighted by molar-refractivity contribution is 0.208. The van der Waals surface area contributed by atoms with Crippen LogP contribution < -0.4 is 5.32 Å². The molecule has 1 aromatic carbocycles. The van der Waals surface area contributed by atoms with Crippen LogP contribution in [-0.4, -0.2) is 22.7 Å². The maximum atomic E-state index is 13.6. The number of aliphatic hydroxyl groups excluding tert-OH is 1. The Labute approximate surface area is 107 Å². The predicted molar refractivity (Wildman–Crippen MR) is 69.6 cm³/mol. The van der Waals surface area contributed by atoms with Gasteiger partial charge in [-0.15, -0.1) is 0 Å². The molecule has 0 radical (unpaired) electrons. The van der Waals surface area contributed by atoms with E-state index in [2.05, 4.69) is 26.2 Å². The van der Waals surface area contributed by atoms with Crippen LogP contribution in [0.4, 0.5) is 10.2 Å². The molecule has 2 aromatic rings. The largest absolute Gasteiger partial charge is 0.392 e. The summed E-state index contributed by atoms with van der Waals surface area (Å²) < 4.78 is 14.4. The molecule has 0 spiro atoms. The van der Waals surface area contributed by atoms with Gasteiger partial charge in [0.25, 0.3) is 0 Å². The molecule has 1 heterocycles. The average Bonchev–Trinajstić information content (AvgIpc) is 2.31. The second-order valence-corrected chi connectivity index (χ2v) is 4.70. The van der Waals surface area contributed by atoms with Gasteiger partial charge in [0.15, 0.2) is 0 Å². The zero-order valence-corrected chi connectivity index (χ0v) is 10.8. The second kappa shape index (κ2) is 4.98. The van der Waals surface area contributed by atoms with Crippen LogP contribution in [-0.2, 0) is 0 Å². The van der Waals surface area contributed by atoms with Crippen molar-refractivity contribution in [3.8, 4) is 0 Å². The Kier molecular flexibility index (Phi) is 3.59. The van der Waals surface area contributed by atoms with Crippen LogP contribution in [0.1, 0.15) is 6.92 Å². The van der Waals surface area contributed by atoms with Crippen molar-refractivity contribution in [1.29, 1.82) is 0 Å². The minimum atomic E-state index is -0.487. The number of anilines is 1. The first-order valence-electron chi connectivity index (χ1n) is 5.24. The van der Waals surface area contributed by atoms with Crippen LogP contribution in [0.15, 0.2) is 28.9 Å². The van der Waals surface area contributed by atoms with Crippen LogP contribution in [0.5, 0.6) is 0 Å². The summed E-state index contributed by atoms with van der Waals surface area (Å²) in [5, 5.41) is 13.4. The van der Waals surface area contributed by atoms with Crippen molar-refractivity contribution >= 4 is 32.5 Å². The van der Waals surface area contributed by atoms with E-state index < -0.39 is 6.10 Å². The fourth-order valence-corrected chi connectivity index (χ4v) is 2.13. The topological polar surface area (TPSA) is 45.1 Å². The molecular weight excluding hydrogens is 287 g/mol. The molecule has 2 N–H and O–H groups in total. The van der Waals surface area contributed by atoms with Gasteiger partial charge in [-0.1, -0.05) is 15.9 Å². The highest BCUT2D eigenvalue weighted by Crippen LogP contribution is 2.30. The average molecular weight is 299 g/mol. The highest BCUT2D eigenvalue weighted by Gasteiger charge is 2.10. The smallest absolute Gasteiger partial charge is 0.135 e. The van der Waals surface area contributed by atoms with Gasteiger partial charge in [0.2, 0.25) is 0 Å². The molecule has 5 heteroatoms. The molecule has 0 fully saturated rings. The quantitative estimate of drug-likeness (QED) is 0.916. The molecule has 1 aromatic heterocycles. The van der Waals surface area contributed by atoms with E-state index in [1.165, 1.54) is 6.07 Å². The number of benzene rings is 1. The Morgan fingerprint density at radius 2 is 2.24 bits per heavy atom. The molecule has 90 valence electrons. The van der Waals surface area contributed by atoms with Crippen molar-refractivity contribution in [3.63, 3.8) is 0 Å². The Balaban J connectivity index is 2.52. The summed E-state index contributed by atoms with van der Waals surface area (Å²) in [6, 6.07) is 4.68. The van der Waals surface area contributed by atoms with Crippen molar-refractivity contribution in [3.05, 3.63) is 34.7 Å². The zero-order chi connectivity index (χ0) is 12.4. The van der Waals surface area contributed by atoms with Gasteiger partial charge in [-0.2, -0.15) is 0 Å². The van der Waals surface area contributed by atoms with Crippen LogP contribution in [0.2, 0.25) is 0 Å². The number of nitrogens with one attached hydrogen (secondary N) is 1. The molecule has 3 nitrogen and oxygen atoms in total. The fourth-order valence-electron chi connectivity index (χ4n) is 1.60. The Hall–Kier alpha value is -1.20. The number of rotatable bonds is 3. The molecule has 17 heavy (non-hydrogen) atoms. The Morgan fingerprint density at radius 3 is 2.94 bits per heavy atom. The Morgan fingerprint density at radius 1 is 1.47 bits per heavy atom. The van der Waals surface area contributed by atoms with E-state index in [4.69, 9.17) is 0 Å². The van der Waals surface area contributed by atoms with E-state index in [-0.39, 0.29) is 5.82 Å². The third-order valence-corrected chi connectivity index (χ3v) is 3.05. The van der Waals surface area contributed by atoms with Crippen molar-refractivity contribution in [2.45, 2.75) is 13.0 Å². The van der Waals surface area contributed by atoms with E-state index in [9.17, 15) is 9.50 Å². The van der Waals surface area contributed by atoms with Crippen molar-refractivity contribution in [1.82, 2.24) is 4.98 Å². The summed E-state index contributed by atoms with van der Waals surface area (Å²) >= 11 is 3.38. The highest BCUT2D eigenvalue weighted by molar-refractivity contribution is 9.10. The van der Waals surface area contributed by atoms with Gasteiger partial charge in [-0.05, 0) is 25.1 Å². The van der Waals surface area contributed by atoms with E-state index >= 15 is 0 Å². The molecule has 0 saturated heterocycles. The molecule has 2 rings (SSSR count). The maximum Gasteiger partial charge on any atom is 0.135 e. The number of hydrogen-bond donors (Lipinski definition) is 2. The van der Waals surface area contributed by atoms with Gasteiger partial charge in [0.1, 0.15) is 11.6 Å². The normalized spacial score (nSPS) is 12.7. The number of pyridine rings is 1. The van der Waals surface area contributed by atoms with Crippen LogP contribution in [0.3, 0.4) is 0 Å². The predicted octanol–water partition coefficient (Wildman–Crippen LogP) is 2.93. The fraction of sp³-hybridized carbons (Fsp3) is 0.250. The van der Waals surface area contributed by atoms with Gasteiger partial charge in [-0.3, -0.25) is 0 Å². The van der Waals surface area contributed by atoms with Gasteiger partial charge in [0.05, 0.1) is 6.10 Å². The molecule has 0 bridgehead atoms. The second-order valence-electron chi connectivity index (χ2n) is 3.84. The molecule has 1 unspecified atom stereocenters. The molecule has 0 aliphatic heterocycles. The molecule has 0 saturated carbocycles. The summed E-state index contributed by atoms with van der Waals surface area (Å²) in [4.78, 5) is 4.16. The standard InChI is InChI=1S/C12H12BrFN2O/c1-7(17)6-16-12-11-8(4-5-15-12)10(14)3-2-9(11)13/h2-5,7,17H,6H2,1H3,(H,15,16).